The van der Waals surface area contributed by atoms with Crippen molar-refractivity contribution in [3.05, 3.63) is 39.5 Å². The van der Waals surface area contributed by atoms with Gasteiger partial charge in [0.15, 0.2) is 0 Å². The van der Waals surface area contributed by atoms with Crippen LogP contribution in [-0.4, -0.2) is 15.7 Å². The van der Waals surface area contributed by atoms with Gasteiger partial charge in [0.2, 0.25) is 11.2 Å². The van der Waals surface area contributed by atoms with Crippen molar-refractivity contribution in [3.8, 4) is 11.6 Å². The van der Waals surface area contributed by atoms with Gasteiger partial charge in [-0.25, -0.2) is 9.37 Å². The third-order valence-corrected chi connectivity index (χ3v) is 4.45. The van der Waals surface area contributed by atoms with Gasteiger partial charge in [-0.2, -0.15) is 4.98 Å². The van der Waals surface area contributed by atoms with Crippen molar-refractivity contribution in [2.24, 2.45) is 0 Å². The highest BCUT2D eigenvalue weighted by Gasteiger charge is 2.21. The van der Waals surface area contributed by atoms with Crippen molar-refractivity contribution in [1.82, 2.24) is 9.97 Å². The van der Waals surface area contributed by atoms with Crippen molar-refractivity contribution >= 4 is 39.3 Å². The molecule has 0 amide bonds. The number of nitrogens with zero attached hydrogens (tertiary/aromatic N) is 2. The SMILES string of the molecule is Fc1ccc(Oc2nc(Cl)nc3c2SCC3)cc1Br. The van der Waals surface area contributed by atoms with Crippen LogP contribution in [0.1, 0.15) is 5.69 Å². The Hall–Kier alpha value is -0.850. The van der Waals surface area contributed by atoms with Crippen molar-refractivity contribution in [1.29, 1.82) is 0 Å². The summed E-state index contributed by atoms with van der Waals surface area (Å²) in [7, 11) is 0. The lowest BCUT2D eigenvalue weighted by atomic mass is 10.3. The zero-order chi connectivity index (χ0) is 13.4. The molecule has 0 bridgehead atoms. The van der Waals surface area contributed by atoms with Crippen LogP contribution in [0.4, 0.5) is 4.39 Å². The first-order chi connectivity index (χ1) is 9.13. The van der Waals surface area contributed by atoms with Gasteiger partial charge in [0, 0.05) is 12.2 Å². The quantitative estimate of drug-likeness (QED) is 0.739. The normalized spacial score (nSPS) is 13.4. The van der Waals surface area contributed by atoms with Gasteiger partial charge < -0.3 is 4.74 Å². The fourth-order valence-electron chi connectivity index (χ4n) is 1.73. The molecule has 0 unspecified atom stereocenters. The molecule has 2 heterocycles. The Morgan fingerprint density at radius 1 is 1.37 bits per heavy atom. The summed E-state index contributed by atoms with van der Waals surface area (Å²) >= 11 is 10.6. The Labute approximate surface area is 126 Å². The minimum atomic E-state index is -0.340. The Morgan fingerprint density at radius 2 is 2.21 bits per heavy atom. The van der Waals surface area contributed by atoms with E-state index < -0.39 is 0 Å². The lowest BCUT2D eigenvalue weighted by Crippen LogP contribution is -1.96. The molecule has 1 aromatic carbocycles. The zero-order valence-corrected chi connectivity index (χ0v) is 12.6. The summed E-state index contributed by atoms with van der Waals surface area (Å²) in [6.45, 7) is 0. The van der Waals surface area contributed by atoms with E-state index in [-0.39, 0.29) is 11.1 Å². The van der Waals surface area contributed by atoms with Crippen LogP contribution in [0.2, 0.25) is 5.28 Å². The Kier molecular flexibility index (Phi) is 3.64. The van der Waals surface area contributed by atoms with E-state index in [1.807, 2.05) is 0 Å². The molecule has 0 radical (unpaired) electrons. The van der Waals surface area contributed by atoms with Gasteiger partial charge in [-0.05, 0) is 45.7 Å². The maximum atomic E-state index is 13.2. The lowest BCUT2D eigenvalue weighted by Gasteiger charge is -2.09. The number of halogens is 3. The summed E-state index contributed by atoms with van der Waals surface area (Å²) in [5.74, 6) is 1.52. The molecule has 2 aromatic rings. The van der Waals surface area contributed by atoms with E-state index in [2.05, 4.69) is 25.9 Å². The van der Waals surface area contributed by atoms with E-state index in [0.29, 0.717) is 16.1 Å². The predicted molar refractivity (Wildman–Crippen MR) is 75.6 cm³/mol. The first-order valence-electron chi connectivity index (χ1n) is 5.45. The first kappa shape index (κ1) is 13.1. The minimum Gasteiger partial charge on any atom is -0.438 e. The van der Waals surface area contributed by atoms with Crippen LogP contribution in [0.5, 0.6) is 11.6 Å². The molecule has 0 fully saturated rings. The molecule has 0 saturated heterocycles. The molecule has 3 nitrogen and oxygen atoms in total. The summed E-state index contributed by atoms with van der Waals surface area (Å²) < 4.78 is 19.2. The fraction of sp³-hybridized carbons (Fsp3) is 0.167. The number of aryl methyl sites for hydroxylation is 1. The van der Waals surface area contributed by atoms with E-state index in [4.69, 9.17) is 16.3 Å². The molecule has 0 saturated carbocycles. The third kappa shape index (κ3) is 2.70. The van der Waals surface area contributed by atoms with Crippen LogP contribution in [-0.2, 0) is 6.42 Å². The molecular weight excluding hydrogens is 355 g/mol. The van der Waals surface area contributed by atoms with Crippen molar-refractivity contribution < 1.29 is 9.13 Å². The van der Waals surface area contributed by atoms with Crippen molar-refractivity contribution in [2.75, 3.05) is 5.75 Å². The third-order valence-electron chi connectivity index (χ3n) is 2.57. The van der Waals surface area contributed by atoms with Crippen LogP contribution in [0.3, 0.4) is 0 Å². The molecule has 1 aliphatic heterocycles. The van der Waals surface area contributed by atoms with E-state index in [1.54, 1.807) is 23.9 Å². The maximum absolute atomic E-state index is 13.2. The highest BCUT2D eigenvalue weighted by atomic mass is 79.9. The largest absolute Gasteiger partial charge is 0.438 e. The highest BCUT2D eigenvalue weighted by molar-refractivity contribution is 9.10. The Balaban J connectivity index is 1.97. The number of thioether (sulfide) groups is 1. The maximum Gasteiger partial charge on any atom is 0.237 e. The van der Waals surface area contributed by atoms with Crippen LogP contribution < -0.4 is 4.74 Å². The van der Waals surface area contributed by atoms with E-state index in [9.17, 15) is 4.39 Å². The van der Waals surface area contributed by atoms with Gasteiger partial charge in [-0.3, -0.25) is 0 Å². The van der Waals surface area contributed by atoms with Gasteiger partial charge >= 0.3 is 0 Å². The second-order valence-corrected chi connectivity index (χ2v) is 6.15. The highest BCUT2D eigenvalue weighted by Crippen LogP contribution is 2.39. The van der Waals surface area contributed by atoms with Crippen LogP contribution in [0, 0.1) is 5.82 Å². The molecule has 3 rings (SSSR count). The van der Waals surface area contributed by atoms with Gasteiger partial charge in [-0.1, -0.05) is 0 Å². The summed E-state index contributed by atoms with van der Waals surface area (Å²) in [6, 6.07) is 4.43. The van der Waals surface area contributed by atoms with Gasteiger partial charge in [0.05, 0.1) is 15.1 Å². The summed E-state index contributed by atoms with van der Waals surface area (Å²) in [5.41, 5.74) is 0.904. The average Bonchev–Trinajstić information content (AvgIpc) is 2.82. The molecule has 0 spiro atoms. The van der Waals surface area contributed by atoms with Crippen LogP contribution in [0.15, 0.2) is 27.6 Å². The number of hydrogen-bond donors (Lipinski definition) is 0. The Bertz CT molecular complexity index is 656. The number of fused-ring (bicyclic) bond motifs is 1. The number of hydrogen-bond acceptors (Lipinski definition) is 4. The molecule has 1 aliphatic rings. The second kappa shape index (κ2) is 5.26. The summed E-state index contributed by atoms with van der Waals surface area (Å²) in [6.07, 6.45) is 0.853. The first-order valence-corrected chi connectivity index (χ1v) is 7.61. The lowest BCUT2D eigenvalue weighted by molar-refractivity contribution is 0.445. The molecule has 1 aromatic heterocycles. The second-order valence-electron chi connectivity index (χ2n) is 3.85. The number of aromatic nitrogens is 2. The van der Waals surface area contributed by atoms with Crippen LogP contribution >= 0.6 is 39.3 Å². The molecular formula is C12H7BrClFN2OS. The van der Waals surface area contributed by atoms with Gasteiger partial charge in [0.25, 0.3) is 0 Å². The Morgan fingerprint density at radius 3 is 3.00 bits per heavy atom. The predicted octanol–water partition coefficient (Wildman–Crippen LogP) is 4.47. The van der Waals surface area contributed by atoms with Gasteiger partial charge in [0.1, 0.15) is 11.6 Å². The van der Waals surface area contributed by atoms with E-state index >= 15 is 0 Å². The summed E-state index contributed by atoms with van der Waals surface area (Å²) in [5, 5.41) is 0.164. The molecule has 98 valence electrons. The monoisotopic (exact) mass is 360 g/mol. The topological polar surface area (TPSA) is 35.0 Å². The van der Waals surface area contributed by atoms with E-state index in [0.717, 1.165) is 22.8 Å². The average molecular weight is 362 g/mol. The summed E-state index contributed by atoms with van der Waals surface area (Å²) in [4.78, 5) is 9.17. The minimum absolute atomic E-state index is 0.164. The number of ether oxygens (including phenoxy) is 1. The van der Waals surface area contributed by atoms with E-state index in [1.165, 1.54) is 6.07 Å². The standard InChI is InChI=1S/C12H7BrClFN2OS/c13-7-5-6(1-2-8(7)15)18-11-10-9(3-4-19-10)16-12(14)17-11/h1-2,5H,3-4H2. The molecule has 7 heteroatoms. The zero-order valence-electron chi connectivity index (χ0n) is 9.49. The molecule has 0 atom stereocenters. The number of rotatable bonds is 2. The van der Waals surface area contributed by atoms with Crippen molar-refractivity contribution in [3.63, 3.8) is 0 Å². The fourth-order valence-corrected chi connectivity index (χ4v) is 3.29. The number of benzene rings is 1. The van der Waals surface area contributed by atoms with Crippen LogP contribution in [0.25, 0.3) is 0 Å². The molecule has 0 aliphatic carbocycles. The van der Waals surface area contributed by atoms with Crippen molar-refractivity contribution in [2.45, 2.75) is 11.3 Å². The molecule has 0 N–H and O–H groups in total. The smallest absolute Gasteiger partial charge is 0.237 e. The van der Waals surface area contributed by atoms with Gasteiger partial charge in [-0.15, -0.1) is 11.8 Å². The molecule has 19 heavy (non-hydrogen) atoms.